The average molecular weight is 440 g/mol. The van der Waals surface area contributed by atoms with Crippen LogP contribution in [0.15, 0.2) is 42.5 Å². The molecule has 6 heteroatoms. The van der Waals surface area contributed by atoms with Crippen LogP contribution in [0.3, 0.4) is 0 Å². The maximum absolute atomic E-state index is 13.5. The number of carbonyl (C=O) groups excluding carboxylic acids is 1. The summed E-state index contributed by atoms with van der Waals surface area (Å²) in [5, 5.41) is 9.31. The van der Waals surface area contributed by atoms with Crippen molar-refractivity contribution >= 4 is 12.1 Å². The van der Waals surface area contributed by atoms with E-state index in [4.69, 9.17) is 9.47 Å². The summed E-state index contributed by atoms with van der Waals surface area (Å²) in [5.74, 6) is -0.196. The lowest BCUT2D eigenvalue weighted by Gasteiger charge is -2.44. The number of ether oxygens (including phenoxy) is 2. The fourth-order valence-corrected chi connectivity index (χ4v) is 4.26. The van der Waals surface area contributed by atoms with Crippen molar-refractivity contribution in [3.05, 3.63) is 64.7 Å². The molecule has 1 heterocycles. The molecule has 1 amide bonds. The second-order valence-corrected chi connectivity index (χ2v) is 9.28. The zero-order valence-corrected chi connectivity index (χ0v) is 19.6. The molecule has 2 atom stereocenters. The molecule has 32 heavy (non-hydrogen) atoms. The number of carbonyl (C=O) groups is 2. The van der Waals surface area contributed by atoms with Crippen molar-refractivity contribution < 1.29 is 24.2 Å². The maximum atomic E-state index is 13.5. The molecule has 6 nitrogen and oxygen atoms in total. The van der Waals surface area contributed by atoms with Crippen molar-refractivity contribution in [2.24, 2.45) is 0 Å². The number of methoxy groups -OCH3 is 1. The largest absolute Gasteiger partial charge is 0.497 e. The summed E-state index contributed by atoms with van der Waals surface area (Å²) in [6, 6.07) is 12.3. The topological polar surface area (TPSA) is 76.1 Å². The molecular weight excluding hydrogens is 406 g/mol. The molecule has 0 saturated heterocycles. The molecule has 0 unspecified atom stereocenters. The first-order valence-corrected chi connectivity index (χ1v) is 11.2. The molecule has 1 aliphatic heterocycles. The highest BCUT2D eigenvalue weighted by atomic mass is 16.6. The number of hydrogen-bond acceptors (Lipinski definition) is 4. The van der Waals surface area contributed by atoms with E-state index in [0.29, 0.717) is 0 Å². The molecule has 172 valence electrons. The van der Waals surface area contributed by atoms with Crippen LogP contribution in [-0.2, 0) is 11.2 Å². The van der Waals surface area contributed by atoms with Crippen LogP contribution in [0.2, 0.25) is 0 Å². The first kappa shape index (κ1) is 23.6. The molecule has 0 spiro atoms. The second kappa shape index (κ2) is 9.63. The van der Waals surface area contributed by atoms with E-state index in [1.54, 1.807) is 31.4 Å². The number of benzene rings is 2. The zero-order valence-electron chi connectivity index (χ0n) is 19.6. The third kappa shape index (κ3) is 5.23. The van der Waals surface area contributed by atoms with Gasteiger partial charge < -0.3 is 14.6 Å². The lowest BCUT2D eigenvalue weighted by molar-refractivity contribution is 0.00466. The summed E-state index contributed by atoms with van der Waals surface area (Å²) in [6.07, 6.45) is 3.24. The standard InChI is InChI=1S/C26H33NO5/c1-6-7-8-20-15-19-16-21(31-5)13-14-22(19)23(27(20)25(30)32-26(2,3)4)17-9-11-18(12-10-17)24(28)29/h9-14,16,20,23H,6-8,15H2,1-5H3,(H,28,29)/t20-,23-/m0/s1. The molecule has 0 saturated carbocycles. The minimum Gasteiger partial charge on any atom is -0.497 e. The van der Waals surface area contributed by atoms with Crippen LogP contribution in [0.4, 0.5) is 4.79 Å². The summed E-state index contributed by atoms with van der Waals surface area (Å²) in [7, 11) is 1.65. The number of amides is 1. The minimum absolute atomic E-state index is 0.0337. The van der Waals surface area contributed by atoms with Crippen molar-refractivity contribution in [2.45, 2.75) is 71.1 Å². The summed E-state index contributed by atoms with van der Waals surface area (Å²) in [4.78, 5) is 26.7. The first-order chi connectivity index (χ1) is 15.1. The summed E-state index contributed by atoms with van der Waals surface area (Å²) >= 11 is 0. The van der Waals surface area contributed by atoms with Crippen LogP contribution in [0.1, 0.15) is 80.0 Å². The van der Waals surface area contributed by atoms with Crippen LogP contribution in [0.5, 0.6) is 5.75 Å². The number of hydrogen-bond donors (Lipinski definition) is 1. The number of carboxylic acids is 1. The van der Waals surface area contributed by atoms with Crippen molar-refractivity contribution in [3.8, 4) is 5.75 Å². The summed E-state index contributed by atoms with van der Waals surface area (Å²) < 4.78 is 11.3. The van der Waals surface area contributed by atoms with Crippen molar-refractivity contribution in [1.82, 2.24) is 4.90 Å². The summed E-state index contributed by atoms with van der Waals surface area (Å²) in [6.45, 7) is 7.74. The maximum Gasteiger partial charge on any atom is 0.411 e. The van der Waals surface area contributed by atoms with Gasteiger partial charge in [0.15, 0.2) is 0 Å². The van der Waals surface area contributed by atoms with Crippen LogP contribution < -0.4 is 4.74 Å². The Labute approximate surface area is 190 Å². The number of nitrogens with zero attached hydrogens (tertiary/aromatic N) is 1. The fraction of sp³-hybridized carbons (Fsp3) is 0.462. The van der Waals surface area contributed by atoms with Gasteiger partial charge in [-0.3, -0.25) is 4.90 Å². The number of aromatic carboxylic acids is 1. The molecule has 2 aromatic rings. The summed E-state index contributed by atoms with van der Waals surface area (Å²) in [5.41, 5.74) is 2.59. The van der Waals surface area contributed by atoms with Crippen LogP contribution in [-0.4, -0.2) is 40.8 Å². The second-order valence-electron chi connectivity index (χ2n) is 9.28. The highest BCUT2D eigenvalue weighted by Crippen LogP contribution is 2.41. The van der Waals surface area contributed by atoms with Crippen LogP contribution in [0, 0.1) is 0 Å². The van der Waals surface area contributed by atoms with Gasteiger partial charge in [0.1, 0.15) is 11.4 Å². The Bertz CT molecular complexity index is 961. The van der Waals surface area contributed by atoms with E-state index in [9.17, 15) is 14.7 Å². The molecule has 3 rings (SSSR count). The van der Waals surface area contributed by atoms with Gasteiger partial charge in [-0.15, -0.1) is 0 Å². The Hall–Kier alpha value is -3.02. The van der Waals surface area contributed by atoms with E-state index in [-0.39, 0.29) is 23.7 Å². The molecule has 1 N–H and O–H groups in total. The molecule has 0 bridgehead atoms. The molecule has 0 aliphatic carbocycles. The van der Waals surface area contributed by atoms with E-state index < -0.39 is 11.6 Å². The SMILES string of the molecule is CCCC[C@H]1Cc2cc(OC)ccc2[C@H](c2ccc(C(=O)O)cc2)N1C(=O)OC(C)(C)C. The highest BCUT2D eigenvalue weighted by molar-refractivity contribution is 5.87. The zero-order chi connectivity index (χ0) is 23.5. The van der Waals surface area contributed by atoms with Gasteiger partial charge in [0.05, 0.1) is 18.7 Å². The molecule has 0 fully saturated rings. The van der Waals surface area contributed by atoms with Gasteiger partial charge in [-0.25, -0.2) is 9.59 Å². The van der Waals surface area contributed by atoms with Gasteiger partial charge >= 0.3 is 12.1 Å². The number of fused-ring (bicyclic) bond motifs is 1. The molecule has 0 aromatic heterocycles. The van der Waals surface area contributed by atoms with Gasteiger partial charge in [-0.05, 0) is 74.6 Å². The van der Waals surface area contributed by atoms with E-state index >= 15 is 0 Å². The van der Waals surface area contributed by atoms with Crippen LogP contribution in [0.25, 0.3) is 0 Å². The Balaban J connectivity index is 2.14. The minimum atomic E-state index is -0.977. The normalized spacial score (nSPS) is 18.1. The highest BCUT2D eigenvalue weighted by Gasteiger charge is 2.40. The quantitative estimate of drug-likeness (QED) is 0.612. The monoisotopic (exact) mass is 439 g/mol. The van der Waals surface area contributed by atoms with Crippen molar-refractivity contribution in [1.29, 1.82) is 0 Å². The Morgan fingerprint density at radius 3 is 2.38 bits per heavy atom. The molecule has 0 radical (unpaired) electrons. The van der Waals surface area contributed by atoms with E-state index in [2.05, 4.69) is 6.92 Å². The smallest absolute Gasteiger partial charge is 0.411 e. The number of rotatable bonds is 6. The molecule has 2 aromatic carbocycles. The fourth-order valence-electron chi connectivity index (χ4n) is 4.26. The number of carboxylic acid groups (broad SMARTS) is 1. The Morgan fingerprint density at radius 2 is 1.81 bits per heavy atom. The van der Waals surface area contributed by atoms with Gasteiger partial charge in [-0.1, -0.05) is 38.0 Å². The lowest BCUT2D eigenvalue weighted by atomic mass is 9.83. The van der Waals surface area contributed by atoms with Gasteiger partial charge in [-0.2, -0.15) is 0 Å². The average Bonchev–Trinajstić information content (AvgIpc) is 2.74. The Morgan fingerprint density at radius 1 is 1.12 bits per heavy atom. The molecular formula is C26H33NO5. The van der Waals surface area contributed by atoms with E-state index in [1.165, 1.54) is 0 Å². The van der Waals surface area contributed by atoms with Gasteiger partial charge in [0, 0.05) is 6.04 Å². The van der Waals surface area contributed by atoms with Crippen LogP contribution >= 0.6 is 0 Å². The van der Waals surface area contributed by atoms with Gasteiger partial charge in [0.2, 0.25) is 0 Å². The predicted molar refractivity (Wildman–Crippen MR) is 123 cm³/mol. The number of unbranched alkanes of at least 4 members (excludes halogenated alkanes) is 1. The van der Waals surface area contributed by atoms with E-state index in [1.807, 2.05) is 43.9 Å². The van der Waals surface area contributed by atoms with Gasteiger partial charge in [0.25, 0.3) is 0 Å². The van der Waals surface area contributed by atoms with E-state index in [0.717, 1.165) is 48.1 Å². The molecule has 1 aliphatic rings. The first-order valence-electron chi connectivity index (χ1n) is 11.2. The Kier molecular flexibility index (Phi) is 7.12. The third-order valence-electron chi connectivity index (χ3n) is 5.74. The lowest BCUT2D eigenvalue weighted by Crippen LogP contribution is -2.49. The predicted octanol–water partition coefficient (Wildman–Crippen LogP) is 5.83. The van der Waals surface area contributed by atoms with Crippen molar-refractivity contribution in [3.63, 3.8) is 0 Å². The van der Waals surface area contributed by atoms with Crippen molar-refractivity contribution in [2.75, 3.05) is 7.11 Å². The third-order valence-corrected chi connectivity index (χ3v) is 5.74.